The van der Waals surface area contributed by atoms with Crippen LogP contribution in [-0.4, -0.2) is 23.3 Å². The molecule has 0 unspecified atom stereocenters. The topological polar surface area (TPSA) is 37.4 Å². The highest BCUT2D eigenvalue weighted by molar-refractivity contribution is 6.21. The Bertz CT molecular complexity index is 942. The van der Waals surface area contributed by atoms with Gasteiger partial charge in [-0.25, -0.2) is 0 Å². The summed E-state index contributed by atoms with van der Waals surface area (Å²) in [6.07, 6.45) is 3.92. The highest BCUT2D eigenvalue weighted by Gasteiger charge is 2.34. The molecule has 0 aliphatic carbocycles. The van der Waals surface area contributed by atoms with E-state index in [4.69, 9.17) is 0 Å². The van der Waals surface area contributed by atoms with Crippen LogP contribution in [0.1, 0.15) is 45.5 Å². The van der Waals surface area contributed by atoms with Crippen LogP contribution in [0.15, 0.2) is 66.7 Å². The summed E-state index contributed by atoms with van der Waals surface area (Å²) < 4.78 is 0. The first-order valence-corrected chi connectivity index (χ1v) is 9.17. The Balaban J connectivity index is 1.28. The van der Waals surface area contributed by atoms with Crippen LogP contribution in [-0.2, 0) is 6.42 Å². The largest absolute Gasteiger partial charge is 0.274 e. The van der Waals surface area contributed by atoms with E-state index >= 15 is 0 Å². The normalized spacial score (nSPS) is 13.5. The summed E-state index contributed by atoms with van der Waals surface area (Å²) in [4.78, 5) is 26.0. The number of aryl methyl sites for hydroxylation is 1. The molecule has 0 saturated carbocycles. The number of carbonyl (C=O) groups is 2. The summed E-state index contributed by atoms with van der Waals surface area (Å²) in [7, 11) is 0. The molecule has 0 saturated heterocycles. The van der Waals surface area contributed by atoms with Gasteiger partial charge in [0.1, 0.15) is 0 Å². The Labute approximate surface area is 153 Å². The molecule has 0 aromatic heterocycles. The number of hydrogen-bond acceptors (Lipinski definition) is 2. The second kappa shape index (κ2) is 7.12. The maximum absolute atomic E-state index is 12.3. The van der Waals surface area contributed by atoms with Gasteiger partial charge in [-0.05, 0) is 47.7 Å². The number of unbranched alkanes of at least 4 members (excludes halogenated alkanes) is 2. The van der Waals surface area contributed by atoms with E-state index in [1.807, 2.05) is 0 Å². The van der Waals surface area contributed by atoms with Crippen molar-refractivity contribution in [1.29, 1.82) is 0 Å². The lowest BCUT2D eigenvalue weighted by molar-refractivity contribution is 0.0651. The maximum Gasteiger partial charge on any atom is 0.261 e. The fourth-order valence-electron chi connectivity index (χ4n) is 3.61. The lowest BCUT2D eigenvalue weighted by atomic mass is 10.0. The highest BCUT2D eigenvalue weighted by atomic mass is 16.2. The van der Waals surface area contributed by atoms with Crippen molar-refractivity contribution < 1.29 is 9.59 Å². The van der Waals surface area contributed by atoms with Crippen LogP contribution >= 0.6 is 0 Å². The number of rotatable bonds is 6. The average molecular weight is 343 g/mol. The summed E-state index contributed by atoms with van der Waals surface area (Å²) in [5.41, 5.74) is 2.41. The van der Waals surface area contributed by atoms with Crippen LogP contribution in [0.5, 0.6) is 0 Å². The quantitative estimate of drug-likeness (QED) is 0.474. The van der Waals surface area contributed by atoms with Crippen LogP contribution in [0.3, 0.4) is 0 Å². The van der Waals surface area contributed by atoms with Gasteiger partial charge in [0.2, 0.25) is 0 Å². The second-order valence-electron chi connectivity index (χ2n) is 6.80. The smallest absolute Gasteiger partial charge is 0.261 e. The van der Waals surface area contributed by atoms with E-state index in [0.717, 1.165) is 25.7 Å². The van der Waals surface area contributed by atoms with Gasteiger partial charge in [0.05, 0.1) is 11.1 Å². The molecule has 0 spiro atoms. The molecule has 0 atom stereocenters. The SMILES string of the molecule is O=C1c2ccccc2C(=O)N1CCCCCc1ccc2ccccc2c1. The first-order valence-electron chi connectivity index (χ1n) is 9.17. The molecule has 1 heterocycles. The van der Waals surface area contributed by atoms with E-state index in [9.17, 15) is 9.59 Å². The third-order valence-electron chi connectivity index (χ3n) is 5.04. The third-order valence-corrected chi connectivity index (χ3v) is 5.04. The molecule has 1 aliphatic rings. The van der Waals surface area contributed by atoms with Gasteiger partial charge in [-0.1, -0.05) is 61.0 Å². The van der Waals surface area contributed by atoms with Crippen LogP contribution < -0.4 is 0 Å². The molecular formula is C23H21NO2. The van der Waals surface area contributed by atoms with Gasteiger partial charge in [-0.3, -0.25) is 14.5 Å². The monoisotopic (exact) mass is 343 g/mol. The molecule has 0 fully saturated rings. The van der Waals surface area contributed by atoms with Crippen LogP contribution in [0.2, 0.25) is 0 Å². The summed E-state index contributed by atoms with van der Waals surface area (Å²) in [5.74, 6) is -0.305. The molecule has 0 N–H and O–H groups in total. The fourth-order valence-corrected chi connectivity index (χ4v) is 3.61. The van der Waals surface area contributed by atoms with Crippen molar-refractivity contribution >= 4 is 22.6 Å². The van der Waals surface area contributed by atoms with E-state index in [0.29, 0.717) is 17.7 Å². The Morgan fingerprint density at radius 3 is 2.04 bits per heavy atom. The second-order valence-corrected chi connectivity index (χ2v) is 6.80. The Morgan fingerprint density at radius 1 is 0.654 bits per heavy atom. The standard InChI is InChI=1S/C23H21NO2/c25-22-20-11-5-6-12-21(20)23(26)24(22)15-7-1-2-8-17-13-14-18-9-3-4-10-19(18)16-17/h3-6,9-14,16H,1-2,7-8,15H2. The molecule has 2 amide bonds. The van der Waals surface area contributed by atoms with Crippen molar-refractivity contribution in [2.75, 3.05) is 6.54 Å². The zero-order valence-electron chi connectivity index (χ0n) is 14.7. The molecule has 3 aromatic carbocycles. The molecule has 26 heavy (non-hydrogen) atoms. The first-order chi connectivity index (χ1) is 12.7. The van der Waals surface area contributed by atoms with Crippen LogP contribution in [0.4, 0.5) is 0 Å². The molecule has 0 radical (unpaired) electrons. The molecule has 3 aromatic rings. The predicted octanol–water partition coefficient (Wildman–Crippen LogP) is 4.85. The summed E-state index contributed by atoms with van der Waals surface area (Å²) in [5, 5.41) is 2.54. The maximum atomic E-state index is 12.3. The molecular weight excluding hydrogens is 322 g/mol. The minimum absolute atomic E-state index is 0.153. The third kappa shape index (κ3) is 3.13. The first kappa shape index (κ1) is 16.5. The number of carbonyl (C=O) groups excluding carboxylic acids is 2. The van der Waals surface area contributed by atoms with Crippen molar-refractivity contribution in [1.82, 2.24) is 4.90 Å². The minimum Gasteiger partial charge on any atom is -0.274 e. The molecule has 1 aliphatic heterocycles. The summed E-state index contributed by atoms with van der Waals surface area (Å²) in [6.45, 7) is 0.504. The van der Waals surface area contributed by atoms with Gasteiger partial charge in [0.15, 0.2) is 0 Å². The lowest BCUT2D eigenvalue weighted by Gasteiger charge is -2.13. The number of benzene rings is 3. The van der Waals surface area contributed by atoms with Crippen molar-refractivity contribution in [2.45, 2.75) is 25.7 Å². The predicted molar refractivity (Wildman–Crippen MR) is 103 cm³/mol. The van der Waals surface area contributed by atoms with Crippen molar-refractivity contribution in [2.24, 2.45) is 0 Å². The van der Waals surface area contributed by atoms with Crippen LogP contribution in [0, 0.1) is 0 Å². The number of imide groups is 1. The zero-order valence-corrected chi connectivity index (χ0v) is 14.7. The van der Waals surface area contributed by atoms with Gasteiger partial charge in [-0.15, -0.1) is 0 Å². The van der Waals surface area contributed by atoms with Crippen molar-refractivity contribution in [3.8, 4) is 0 Å². The Morgan fingerprint density at radius 2 is 1.31 bits per heavy atom. The fraction of sp³-hybridized carbons (Fsp3) is 0.217. The van der Waals surface area contributed by atoms with E-state index in [2.05, 4.69) is 42.5 Å². The number of hydrogen-bond donors (Lipinski definition) is 0. The zero-order chi connectivity index (χ0) is 17.9. The summed E-state index contributed by atoms with van der Waals surface area (Å²) in [6, 6.07) is 22.1. The molecule has 3 heteroatoms. The molecule has 130 valence electrons. The molecule has 0 bridgehead atoms. The number of amides is 2. The number of nitrogens with zero attached hydrogens (tertiary/aromatic N) is 1. The minimum atomic E-state index is -0.153. The van der Waals surface area contributed by atoms with Gasteiger partial charge >= 0.3 is 0 Å². The number of fused-ring (bicyclic) bond motifs is 2. The summed E-state index contributed by atoms with van der Waals surface area (Å²) >= 11 is 0. The Kier molecular flexibility index (Phi) is 4.53. The van der Waals surface area contributed by atoms with Gasteiger partial charge in [0.25, 0.3) is 11.8 Å². The molecule has 3 nitrogen and oxygen atoms in total. The van der Waals surface area contributed by atoms with Gasteiger partial charge in [0, 0.05) is 6.54 Å². The van der Waals surface area contributed by atoms with E-state index in [-0.39, 0.29) is 11.8 Å². The molecule has 4 rings (SSSR count). The van der Waals surface area contributed by atoms with E-state index < -0.39 is 0 Å². The van der Waals surface area contributed by atoms with Crippen molar-refractivity contribution in [3.05, 3.63) is 83.4 Å². The van der Waals surface area contributed by atoms with Gasteiger partial charge in [-0.2, -0.15) is 0 Å². The Hall–Kier alpha value is -2.94. The van der Waals surface area contributed by atoms with E-state index in [1.165, 1.54) is 21.2 Å². The lowest BCUT2D eigenvalue weighted by Crippen LogP contribution is -2.30. The van der Waals surface area contributed by atoms with E-state index in [1.54, 1.807) is 24.3 Å². The average Bonchev–Trinajstić information content (AvgIpc) is 2.92. The van der Waals surface area contributed by atoms with Crippen molar-refractivity contribution in [3.63, 3.8) is 0 Å². The highest BCUT2D eigenvalue weighted by Crippen LogP contribution is 2.23. The van der Waals surface area contributed by atoms with Gasteiger partial charge < -0.3 is 0 Å². The van der Waals surface area contributed by atoms with Crippen LogP contribution in [0.25, 0.3) is 10.8 Å².